The van der Waals surface area contributed by atoms with Gasteiger partial charge >= 0.3 is 5.97 Å². The number of ether oxygens (including phenoxy) is 2. The Bertz CT molecular complexity index is 477. The monoisotopic (exact) mass is 301 g/mol. The molecule has 0 saturated carbocycles. The van der Waals surface area contributed by atoms with E-state index in [9.17, 15) is 9.18 Å². The zero-order valence-corrected chi connectivity index (χ0v) is 12.0. The molecule has 1 N–H and O–H groups in total. The summed E-state index contributed by atoms with van der Waals surface area (Å²) in [6.45, 7) is 1.19. The van der Waals surface area contributed by atoms with Gasteiger partial charge in [-0.2, -0.15) is 0 Å². The number of methoxy groups -OCH3 is 1. The van der Waals surface area contributed by atoms with E-state index in [0.717, 1.165) is 19.4 Å². The molecule has 2 unspecified atom stereocenters. The topological polar surface area (TPSA) is 47.6 Å². The fourth-order valence-electron chi connectivity index (χ4n) is 2.23. The van der Waals surface area contributed by atoms with E-state index in [2.05, 4.69) is 5.32 Å². The number of carbonyl (C=O) groups is 1. The van der Waals surface area contributed by atoms with Crippen molar-refractivity contribution in [3.8, 4) is 0 Å². The number of esters is 1. The molecule has 1 aromatic carbocycles. The van der Waals surface area contributed by atoms with Crippen molar-refractivity contribution in [3.05, 3.63) is 34.6 Å². The summed E-state index contributed by atoms with van der Waals surface area (Å²) in [7, 11) is 1.27. The molecular formula is C14H17ClFNO3. The molecule has 110 valence electrons. The van der Waals surface area contributed by atoms with Gasteiger partial charge < -0.3 is 9.47 Å². The second-order valence-electron chi connectivity index (χ2n) is 4.67. The highest BCUT2D eigenvalue weighted by Crippen LogP contribution is 2.23. The number of benzene rings is 1. The van der Waals surface area contributed by atoms with Crippen LogP contribution in [-0.4, -0.2) is 32.3 Å². The third-order valence-electron chi connectivity index (χ3n) is 3.28. The Morgan fingerprint density at radius 3 is 3.10 bits per heavy atom. The Kier molecular flexibility index (Phi) is 5.34. The first-order chi connectivity index (χ1) is 9.61. The smallest absolute Gasteiger partial charge is 0.327 e. The Labute approximate surface area is 122 Å². The molecule has 20 heavy (non-hydrogen) atoms. The lowest BCUT2D eigenvalue weighted by atomic mass is 10.1. The largest absolute Gasteiger partial charge is 0.468 e. The van der Waals surface area contributed by atoms with Crippen LogP contribution in [0.25, 0.3) is 0 Å². The zero-order chi connectivity index (χ0) is 14.5. The highest BCUT2D eigenvalue weighted by molar-refractivity contribution is 6.30. The quantitative estimate of drug-likeness (QED) is 0.849. The first kappa shape index (κ1) is 15.2. The maximum absolute atomic E-state index is 13.9. The number of carbonyl (C=O) groups excluding carboxylic acids is 1. The van der Waals surface area contributed by atoms with Gasteiger partial charge in [0, 0.05) is 23.7 Å². The fourth-order valence-corrected chi connectivity index (χ4v) is 2.41. The Morgan fingerprint density at radius 2 is 2.45 bits per heavy atom. The molecule has 0 bridgehead atoms. The summed E-state index contributed by atoms with van der Waals surface area (Å²) in [4.78, 5) is 11.8. The second-order valence-corrected chi connectivity index (χ2v) is 5.10. The first-order valence-electron chi connectivity index (χ1n) is 6.49. The predicted molar refractivity (Wildman–Crippen MR) is 73.1 cm³/mol. The van der Waals surface area contributed by atoms with Gasteiger partial charge in [0.05, 0.1) is 13.2 Å². The first-order valence-corrected chi connectivity index (χ1v) is 6.87. The molecule has 1 aliphatic rings. The maximum atomic E-state index is 13.9. The van der Waals surface area contributed by atoms with Gasteiger partial charge in [-0.05, 0) is 31.0 Å². The molecule has 1 heterocycles. The van der Waals surface area contributed by atoms with E-state index < -0.39 is 17.8 Å². The van der Waals surface area contributed by atoms with E-state index in [0.29, 0.717) is 11.6 Å². The van der Waals surface area contributed by atoms with Crippen LogP contribution in [0.15, 0.2) is 18.2 Å². The molecule has 2 atom stereocenters. The number of rotatable bonds is 5. The molecule has 0 aromatic heterocycles. The molecule has 2 rings (SSSR count). The van der Waals surface area contributed by atoms with Gasteiger partial charge in [-0.25, -0.2) is 9.18 Å². The molecule has 1 fully saturated rings. The number of hydrogen-bond acceptors (Lipinski definition) is 4. The molecule has 0 amide bonds. The highest BCUT2D eigenvalue weighted by Gasteiger charge is 2.26. The summed E-state index contributed by atoms with van der Waals surface area (Å²) in [6, 6.07) is 3.22. The minimum Gasteiger partial charge on any atom is -0.468 e. The van der Waals surface area contributed by atoms with E-state index in [-0.39, 0.29) is 11.7 Å². The maximum Gasteiger partial charge on any atom is 0.327 e. The lowest BCUT2D eigenvalue weighted by Crippen LogP contribution is -2.35. The van der Waals surface area contributed by atoms with E-state index >= 15 is 0 Å². The van der Waals surface area contributed by atoms with Gasteiger partial charge in [-0.1, -0.05) is 11.6 Å². The standard InChI is InChI=1S/C14H17ClFNO3/c1-19-14(18)13(17-8-10-3-2-6-20-10)11-7-9(15)4-5-12(11)16/h4-5,7,10,13,17H,2-3,6,8H2,1H3. The Hall–Kier alpha value is -1.17. The van der Waals surface area contributed by atoms with Gasteiger partial charge in [0.2, 0.25) is 0 Å². The summed E-state index contributed by atoms with van der Waals surface area (Å²) in [6.07, 6.45) is 1.98. The van der Waals surface area contributed by atoms with Gasteiger partial charge in [0.25, 0.3) is 0 Å². The SMILES string of the molecule is COC(=O)C(NCC1CCCO1)c1cc(Cl)ccc1F. The summed E-state index contributed by atoms with van der Waals surface area (Å²) >= 11 is 5.86. The van der Waals surface area contributed by atoms with E-state index in [1.807, 2.05) is 0 Å². The van der Waals surface area contributed by atoms with Crippen LogP contribution < -0.4 is 5.32 Å². The van der Waals surface area contributed by atoms with Crippen molar-refractivity contribution in [1.82, 2.24) is 5.32 Å². The summed E-state index contributed by atoms with van der Waals surface area (Å²) < 4.78 is 24.1. The van der Waals surface area contributed by atoms with E-state index in [1.165, 1.54) is 25.3 Å². The van der Waals surface area contributed by atoms with Crippen molar-refractivity contribution < 1.29 is 18.7 Å². The van der Waals surface area contributed by atoms with E-state index in [1.54, 1.807) is 0 Å². The van der Waals surface area contributed by atoms with E-state index in [4.69, 9.17) is 21.1 Å². The van der Waals surface area contributed by atoms with Crippen molar-refractivity contribution in [1.29, 1.82) is 0 Å². The summed E-state index contributed by atoms with van der Waals surface area (Å²) in [5.74, 6) is -1.05. The average molecular weight is 302 g/mol. The molecule has 1 saturated heterocycles. The Balaban J connectivity index is 2.13. The van der Waals surface area contributed by atoms with Crippen LogP contribution in [0.1, 0.15) is 24.4 Å². The van der Waals surface area contributed by atoms with Crippen LogP contribution in [0.2, 0.25) is 5.02 Å². The molecule has 1 aromatic rings. The van der Waals surface area contributed by atoms with Gasteiger partial charge in [0.15, 0.2) is 0 Å². The Morgan fingerprint density at radius 1 is 1.65 bits per heavy atom. The molecule has 6 heteroatoms. The van der Waals surface area contributed by atoms with Crippen molar-refractivity contribution in [2.45, 2.75) is 25.0 Å². The average Bonchev–Trinajstić information content (AvgIpc) is 2.95. The second kappa shape index (κ2) is 7.02. The van der Waals surface area contributed by atoms with Crippen LogP contribution in [0.3, 0.4) is 0 Å². The minimum atomic E-state index is -0.886. The van der Waals surface area contributed by atoms with Gasteiger partial charge in [-0.3, -0.25) is 5.32 Å². The van der Waals surface area contributed by atoms with Crippen molar-refractivity contribution in [3.63, 3.8) is 0 Å². The number of hydrogen-bond donors (Lipinski definition) is 1. The fraction of sp³-hybridized carbons (Fsp3) is 0.500. The van der Waals surface area contributed by atoms with Crippen molar-refractivity contribution in [2.75, 3.05) is 20.3 Å². The third-order valence-corrected chi connectivity index (χ3v) is 3.51. The van der Waals surface area contributed by atoms with Gasteiger partial charge in [-0.15, -0.1) is 0 Å². The lowest BCUT2D eigenvalue weighted by Gasteiger charge is -2.19. The van der Waals surface area contributed by atoms with Crippen LogP contribution in [0, 0.1) is 5.82 Å². The molecule has 4 nitrogen and oxygen atoms in total. The van der Waals surface area contributed by atoms with Crippen LogP contribution in [-0.2, 0) is 14.3 Å². The highest BCUT2D eigenvalue weighted by atomic mass is 35.5. The molecule has 0 aliphatic carbocycles. The van der Waals surface area contributed by atoms with Crippen molar-refractivity contribution in [2.24, 2.45) is 0 Å². The minimum absolute atomic E-state index is 0.0457. The number of nitrogens with one attached hydrogen (secondary N) is 1. The number of halogens is 2. The lowest BCUT2D eigenvalue weighted by molar-refractivity contribution is -0.143. The zero-order valence-electron chi connectivity index (χ0n) is 11.2. The summed E-state index contributed by atoms with van der Waals surface area (Å²) in [5, 5.41) is 3.37. The molecule has 1 aliphatic heterocycles. The normalized spacial score (nSPS) is 19.9. The van der Waals surface area contributed by atoms with Crippen molar-refractivity contribution >= 4 is 17.6 Å². The van der Waals surface area contributed by atoms with Crippen LogP contribution >= 0.6 is 11.6 Å². The molecule has 0 spiro atoms. The van der Waals surface area contributed by atoms with Crippen LogP contribution in [0.4, 0.5) is 4.39 Å². The molecular weight excluding hydrogens is 285 g/mol. The van der Waals surface area contributed by atoms with Gasteiger partial charge in [0.1, 0.15) is 11.9 Å². The summed E-state index contributed by atoms with van der Waals surface area (Å²) in [5.41, 5.74) is 0.183. The third kappa shape index (κ3) is 3.69. The molecule has 0 radical (unpaired) electrons. The van der Waals surface area contributed by atoms with Crippen LogP contribution in [0.5, 0.6) is 0 Å². The predicted octanol–water partition coefficient (Wildman–Crippen LogP) is 2.46.